The first-order valence-electron chi connectivity index (χ1n) is 20.9. The van der Waals surface area contributed by atoms with Gasteiger partial charge in [0.2, 0.25) is 11.8 Å². The Hall–Kier alpha value is -5.59. The molecule has 2 aliphatic rings. The van der Waals surface area contributed by atoms with Gasteiger partial charge >= 0.3 is 12.2 Å². The van der Waals surface area contributed by atoms with E-state index in [4.69, 9.17) is 4.74 Å². The molecule has 4 N–H and O–H groups in total. The molecule has 2 fully saturated rings. The van der Waals surface area contributed by atoms with Crippen molar-refractivity contribution >= 4 is 29.7 Å². The second-order valence-corrected chi connectivity index (χ2v) is 16.1. The number of ether oxygens (including phenoxy) is 2. The number of nitrogens with zero attached hydrogens (tertiary/aromatic N) is 3. The third-order valence-electron chi connectivity index (χ3n) is 10.6. The summed E-state index contributed by atoms with van der Waals surface area (Å²) < 4.78 is 9.40. The van der Waals surface area contributed by atoms with E-state index < -0.39 is 18.2 Å². The molecule has 0 saturated carbocycles. The lowest BCUT2D eigenvalue weighted by Crippen LogP contribution is -2.51. The first-order chi connectivity index (χ1) is 28.2. The number of benzene rings is 2. The van der Waals surface area contributed by atoms with Gasteiger partial charge in [0.25, 0.3) is 0 Å². The molecule has 13 nitrogen and oxygen atoms in total. The van der Waals surface area contributed by atoms with E-state index in [1.54, 1.807) is 6.20 Å². The third-order valence-corrected chi connectivity index (χ3v) is 10.6. The highest BCUT2D eigenvalue weighted by atomic mass is 16.5. The van der Waals surface area contributed by atoms with Crippen molar-refractivity contribution < 1.29 is 28.7 Å². The molecule has 2 saturated heterocycles. The summed E-state index contributed by atoms with van der Waals surface area (Å²) in [5.74, 6) is 1.18. The van der Waals surface area contributed by atoms with E-state index in [0.717, 1.165) is 83.2 Å². The van der Waals surface area contributed by atoms with E-state index in [0.29, 0.717) is 13.1 Å². The van der Waals surface area contributed by atoms with Crippen LogP contribution in [-0.2, 0) is 19.1 Å². The normalized spacial score (nSPS) is 17.5. The molecule has 2 aromatic carbocycles. The number of H-pyrrole nitrogens is 1. The largest absolute Gasteiger partial charge is 0.453 e. The zero-order valence-corrected chi connectivity index (χ0v) is 36.6. The minimum Gasteiger partial charge on any atom is -0.453 e. The fraction of sp³-hybridized carbons (Fsp3) is 0.500. The minimum atomic E-state index is -0.686. The van der Waals surface area contributed by atoms with Crippen LogP contribution in [0.25, 0.3) is 28.1 Å². The Morgan fingerprint density at radius 1 is 0.864 bits per heavy atom. The number of rotatable bonds is 13. The highest BCUT2D eigenvalue weighted by Gasteiger charge is 2.37. The number of allylic oxidation sites excluding steroid dienone is 2. The number of likely N-dealkylation sites (tertiary alicyclic amines) is 2. The third kappa shape index (κ3) is 12.2. The molecule has 3 atom stereocenters. The molecule has 2 aliphatic heterocycles. The lowest BCUT2D eigenvalue weighted by Gasteiger charge is -2.30. The van der Waals surface area contributed by atoms with Crippen LogP contribution in [0, 0.1) is 11.8 Å². The fourth-order valence-corrected chi connectivity index (χ4v) is 7.34. The van der Waals surface area contributed by atoms with Crippen LogP contribution in [0.2, 0.25) is 0 Å². The van der Waals surface area contributed by atoms with Crippen LogP contribution in [0.1, 0.15) is 105 Å². The van der Waals surface area contributed by atoms with Crippen molar-refractivity contribution in [1.29, 1.82) is 0 Å². The van der Waals surface area contributed by atoms with E-state index in [2.05, 4.69) is 114 Å². The minimum absolute atomic E-state index is 0.104. The summed E-state index contributed by atoms with van der Waals surface area (Å²) >= 11 is 0. The Kier molecular flexibility index (Phi) is 17.2. The first kappa shape index (κ1) is 46.1. The van der Waals surface area contributed by atoms with Gasteiger partial charge in [-0.25, -0.2) is 14.6 Å². The molecule has 0 radical (unpaired) electrons. The van der Waals surface area contributed by atoms with Gasteiger partial charge in [-0.15, -0.1) is 0 Å². The van der Waals surface area contributed by atoms with E-state index in [1.165, 1.54) is 19.8 Å². The quantitative estimate of drug-likeness (QED) is 0.134. The van der Waals surface area contributed by atoms with Crippen molar-refractivity contribution in [1.82, 2.24) is 35.7 Å². The lowest BCUT2D eigenvalue weighted by molar-refractivity contribution is -0.135. The van der Waals surface area contributed by atoms with Gasteiger partial charge in [0, 0.05) is 24.5 Å². The first-order valence-corrected chi connectivity index (χ1v) is 20.9. The van der Waals surface area contributed by atoms with Gasteiger partial charge in [-0.1, -0.05) is 102 Å². The Balaban J connectivity index is 0.00000184. The number of hydrogen-bond acceptors (Lipinski definition) is 8. The summed E-state index contributed by atoms with van der Waals surface area (Å²) in [6, 6.07) is 15.7. The molecular formula is C46H65N7O6. The number of aromatic amines is 1. The SMILES string of the molecule is C/C=C(\NC(=C(C)CC)[C@H]1CCCN1C(=O)CNC(=O)OC)c1ccc(-c2ccc(-c3cnc([C@@H]4CCCN4C(=O)C(NC(=O)OC)C(C)C)[nH]3)cc2)cc1.CC(C)C. The molecule has 0 aliphatic carbocycles. The number of amides is 4. The lowest BCUT2D eigenvalue weighted by atomic mass is 9.99. The number of carbonyl (C=O) groups is 4. The van der Waals surface area contributed by atoms with Gasteiger partial charge in [-0.3, -0.25) is 9.59 Å². The average Bonchev–Trinajstić information content (AvgIpc) is 4.03. The molecule has 320 valence electrons. The summed E-state index contributed by atoms with van der Waals surface area (Å²) in [7, 11) is 2.57. The maximum atomic E-state index is 13.5. The molecular weight excluding hydrogens is 747 g/mol. The van der Waals surface area contributed by atoms with Crippen molar-refractivity contribution in [2.24, 2.45) is 11.8 Å². The van der Waals surface area contributed by atoms with Gasteiger partial charge < -0.3 is 40.2 Å². The van der Waals surface area contributed by atoms with E-state index >= 15 is 0 Å². The molecule has 1 aromatic heterocycles. The molecule has 3 heterocycles. The molecule has 13 heteroatoms. The maximum absolute atomic E-state index is 13.5. The van der Waals surface area contributed by atoms with Gasteiger partial charge in [0.05, 0.1) is 38.2 Å². The summed E-state index contributed by atoms with van der Waals surface area (Å²) in [5.41, 5.74) is 8.15. The number of imidazole rings is 1. The Morgan fingerprint density at radius 3 is 2.02 bits per heavy atom. The van der Waals surface area contributed by atoms with E-state index in [-0.39, 0.29) is 36.4 Å². The second-order valence-electron chi connectivity index (χ2n) is 16.1. The van der Waals surface area contributed by atoms with Crippen LogP contribution in [0.15, 0.2) is 72.1 Å². The summed E-state index contributed by atoms with van der Waals surface area (Å²) in [6.07, 6.45) is 6.79. The monoisotopic (exact) mass is 811 g/mol. The second kappa shape index (κ2) is 22.0. The zero-order chi connectivity index (χ0) is 43.2. The average molecular weight is 812 g/mol. The topological polar surface area (TPSA) is 158 Å². The predicted octanol–water partition coefficient (Wildman–Crippen LogP) is 8.43. The van der Waals surface area contributed by atoms with Crippen molar-refractivity contribution in [3.8, 4) is 22.4 Å². The predicted molar refractivity (Wildman–Crippen MR) is 233 cm³/mol. The van der Waals surface area contributed by atoms with Crippen LogP contribution < -0.4 is 16.0 Å². The van der Waals surface area contributed by atoms with Crippen molar-refractivity contribution in [3.63, 3.8) is 0 Å². The van der Waals surface area contributed by atoms with Gasteiger partial charge in [0.15, 0.2) is 0 Å². The molecule has 3 aromatic rings. The number of hydrogen-bond donors (Lipinski definition) is 4. The van der Waals surface area contributed by atoms with Crippen LogP contribution in [0.3, 0.4) is 0 Å². The van der Waals surface area contributed by atoms with Crippen LogP contribution in [0.5, 0.6) is 0 Å². The van der Waals surface area contributed by atoms with Crippen molar-refractivity contribution in [2.75, 3.05) is 33.9 Å². The van der Waals surface area contributed by atoms with Crippen LogP contribution >= 0.6 is 0 Å². The van der Waals surface area contributed by atoms with E-state index in [9.17, 15) is 19.2 Å². The smallest absolute Gasteiger partial charge is 0.407 e. The van der Waals surface area contributed by atoms with Crippen LogP contribution in [0.4, 0.5) is 9.59 Å². The summed E-state index contributed by atoms with van der Waals surface area (Å²) in [6.45, 7) is 17.6. The summed E-state index contributed by atoms with van der Waals surface area (Å²) in [4.78, 5) is 62.0. The highest BCUT2D eigenvalue weighted by Crippen LogP contribution is 2.34. The Labute approximate surface area is 350 Å². The van der Waals surface area contributed by atoms with E-state index in [1.807, 2.05) is 36.6 Å². The standard InChI is InChI=1S/C42H55N7O6.C4H10/c1-8-27(5)38(34-12-10-22-48(34)36(50)25-44-41(52)54-6)45-32(9-2)30-18-14-28(15-19-30)29-16-20-31(21-17-29)33-24-43-39(46-33)35-13-11-23-49(35)40(51)37(26(3)4)47-42(53)55-7;1-4(2)3/h9,14-21,24,26,34-35,37,45H,8,10-13,22-23,25H2,1-7H3,(H,43,46)(H,44,52)(H,47,53);4H,1-3H3/b32-9-,38-27?;/t34-,35+,37?;/m1./s1. The number of methoxy groups -OCH3 is 2. The van der Waals surface area contributed by atoms with Crippen molar-refractivity contribution in [2.45, 2.75) is 106 Å². The Bertz CT molecular complexity index is 1930. The molecule has 5 rings (SSSR count). The van der Waals surface area contributed by atoms with Crippen LogP contribution in [-0.4, -0.2) is 89.7 Å². The van der Waals surface area contributed by atoms with Gasteiger partial charge in [-0.05, 0) is 80.0 Å². The van der Waals surface area contributed by atoms with Crippen molar-refractivity contribution in [3.05, 3.63) is 83.5 Å². The number of nitrogens with one attached hydrogen (secondary N) is 4. The van der Waals surface area contributed by atoms with Gasteiger partial charge in [0.1, 0.15) is 18.4 Å². The molecule has 4 amide bonds. The Morgan fingerprint density at radius 2 is 1.44 bits per heavy atom. The molecule has 1 unspecified atom stereocenters. The van der Waals surface area contributed by atoms with Gasteiger partial charge in [-0.2, -0.15) is 0 Å². The molecule has 0 bridgehead atoms. The fourth-order valence-electron chi connectivity index (χ4n) is 7.34. The number of aromatic nitrogens is 2. The maximum Gasteiger partial charge on any atom is 0.407 e. The summed E-state index contributed by atoms with van der Waals surface area (Å²) in [5, 5.41) is 8.91. The highest BCUT2D eigenvalue weighted by molar-refractivity contribution is 5.86. The molecule has 59 heavy (non-hydrogen) atoms. The number of carbonyl (C=O) groups excluding carboxylic acids is 4. The zero-order valence-electron chi connectivity index (χ0n) is 36.6. The number of alkyl carbamates (subject to hydrolysis) is 2. The molecule has 0 spiro atoms.